The van der Waals surface area contributed by atoms with Crippen LogP contribution in [0.3, 0.4) is 0 Å². The van der Waals surface area contributed by atoms with E-state index >= 15 is 0 Å². The molecule has 1 heterocycles. The van der Waals surface area contributed by atoms with Crippen molar-refractivity contribution in [2.24, 2.45) is 0 Å². The Morgan fingerprint density at radius 3 is 2.55 bits per heavy atom. The molecule has 0 aliphatic carbocycles. The third kappa shape index (κ3) is 5.36. The molecule has 0 aliphatic heterocycles. The minimum absolute atomic E-state index is 0.133. The maximum Gasteiger partial charge on any atom is 0.387 e. The van der Waals surface area contributed by atoms with Gasteiger partial charge in [-0.15, -0.1) is 11.3 Å². The number of thiophene rings is 1. The fourth-order valence-corrected chi connectivity index (χ4v) is 2.82. The number of hydrogen-bond donors (Lipinski definition) is 2. The summed E-state index contributed by atoms with van der Waals surface area (Å²) in [5.41, 5.74) is 0.971. The van der Waals surface area contributed by atoms with Gasteiger partial charge in [0, 0.05) is 17.5 Å². The molecule has 0 aliphatic rings. The first-order valence-corrected chi connectivity index (χ1v) is 7.91. The molecule has 0 saturated carbocycles. The van der Waals surface area contributed by atoms with Crippen LogP contribution in [0.25, 0.3) is 0 Å². The van der Waals surface area contributed by atoms with Crippen LogP contribution in [0.1, 0.15) is 29.9 Å². The van der Waals surface area contributed by atoms with Crippen molar-refractivity contribution >= 4 is 11.3 Å². The van der Waals surface area contributed by atoms with Gasteiger partial charge in [-0.1, -0.05) is 18.2 Å². The number of nitrogens with one attached hydrogen (secondary N) is 1. The fraction of sp³-hybridized carbons (Fsp3) is 0.375. The van der Waals surface area contributed by atoms with Crippen LogP contribution >= 0.6 is 11.3 Å². The summed E-state index contributed by atoms with van der Waals surface area (Å²) in [6.07, 6.45) is 0.150. The van der Waals surface area contributed by atoms with Crippen molar-refractivity contribution in [2.45, 2.75) is 38.6 Å². The van der Waals surface area contributed by atoms with Crippen LogP contribution in [0.2, 0.25) is 0 Å². The van der Waals surface area contributed by atoms with Gasteiger partial charge in [0.15, 0.2) is 0 Å². The lowest BCUT2D eigenvalue weighted by Gasteiger charge is -2.17. The summed E-state index contributed by atoms with van der Waals surface area (Å²) >= 11 is 1.54. The number of benzene rings is 1. The van der Waals surface area contributed by atoms with Crippen molar-refractivity contribution in [3.63, 3.8) is 0 Å². The van der Waals surface area contributed by atoms with E-state index in [-0.39, 0.29) is 11.8 Å². The molecular weight excluding hydrogens is 308 g/mol. The smallest absolute Gasteiger partial charge is 0.387 e. The first-order chi connectivity index (χ1) is 10.5. The van der Waals surface area contributed by atoms with Crippen molar-refractivity contribution in [1.82, 2.24) is 5.32 Å². The van der Waals surface area contributed by atoms with Gasteiger partial charge >= 0.3 is 6.61 Å². The highest BCUT2D eigenvalue weighted by Crippen LogP contribution is 2.23. The number of aliphatic hydroxyl groups excluding tert-OH is 1. The van der Waals surface area contributed by atoms with Crippen molar-refractivity contribution in [3.8, 4) is 5.75 Å². The van der Waals surface area contributed by atoms with Crippen LogP contribution in [-0.2, 0) is 6.54 Å². The summed E-state index contributed by atoms with van der Waals surface area (Å²) in [4.78, 5) is 0.960. The lowest BCUT2D eigenvalue weighted by atomic mass is 10.1. The molecule has 0 radical (unpaired) electrons. The average molecular weight is 327 g/mol. The fourth-order valence-electron chi connectivity index (χ4n) is 2.10. The monoisotopic (exact) mass is 327 g/mol. The van der Waals surface area contributed by atoms with E-state index in [2.05, 4.69) is 10.1 Å². The maximum absolute atomic E-state index is 12.1. The molecule has 2 unspecified atom stereocenters. The topological polar surface area (TPSA) is 41.5 Å². The number of rotatable bonds is 8. The average Bonchev–Trinajstić information content (AvgIpc) is 3.00. The van der Waals surface area contributed by atoms with E-state index in [0.29, 0.717) is 13.0 Å². The summed E-state index contributed by atoms with van der Waals surface area (Å²) in [6, 6.07) is 10.5. The number of hydrogen-bond acceptors (Lipinski definition) is 4. The van der Waals surface area contributed by atoms with Crippen LogP contribution in [0.15, 0.2) is 41.8 Å². The van der Waals surface area contributed by atoms with Crippen LogP contribution in [0, 0.1) is 0 Å². The summed E-state index contributed by atoms with van der Waals surface area (Å²) in [5, 5.41) is 15.3. The lowest BCUT2D eigenvalue weighted by Crippen LogP contribution is -2.27. The Kier molecular flexibility index (Phi) is 6.30. The number of ether oxygens (including phenoxy) is 1. The standard InChI is InChI=1S/C16H19F2NO2S/c1-11(9-14(20)15-3-2-8-22-15)19-10-12-4-6-13(7-5-12)21-16(17)18/h2-8,11,14,16,19-20H,9-10H2,1H3. The van der Waals surface area contributed by atoms with Crippen molar-refractivity contribution in [2.75, 3.05) is 0 Å². The maximum atomic E-state index is 12.1. The molecule has 2 atom stereocenters. The Bertz CT molecular complexity index is 546. The van der Waals surface area contributed by atoms with Crippen LogP contribution < -0.4 is 10.1 Å². The van der Waals surface area contributed by atoms with Gasteiger partial charge in [0.25, 0.3) is 0 Å². The zero-order valence-corrected chi connectivity index (χ0v) is 13.0. The predicted molar refractivity (Wildman–Crippen MR) is 83.3 cm³/mol. The van der Waals surface area contributed by atoms with Gasteiger partial charge in [-0.2, -0.15) is 8.78 Å². The van der Waals surface area contributed by atoms with E-state index in [9.17, 15) is 13.9 Å². The molecule has 2 N–H and O–H groups in total. The Balaban J connectivity index is 1.77. The normalized spacial score (nSPS) is 14.0. The molecule has 0 bridgehead atoms. The van der Waals surface area contributed by atoms with Crippen LogP contribution in [0.5, 0.6) is 5.75 Å². The third-order valence-corrected chi connectivity index (χ3v) is 4.23. The Labute approximate surface area is 132 Å². The van der Waals surface area contributed by atoms with Gasteiger partial charge in [-0.3, -0.25) is 0 Å². The molecule has 0 saturated heterocycles. The SMILES string of the molecule is CC(CC(O)c1cccs1)NCc1ccc(OC(F)F)cc1. The van der Waals surface area contributed by atoms with Gasteiger partial charge < -0.3 is 15.2 Å². The summed E-state index contributed by atoms with van der Waals surface area (Å²) in [5.74, 6) is 0.153. The van der Waals surface area contributed by atoms with Gasteiger partial charge in [-0.05, 0) is 42.5 Å². The molecule has 0 fully saturated rings. The quantitative estimate of drug-likeness (QED) is 0.771. The molecule has 1 aromatic carbocycles. The highest BCUT2D eigenvalue weighted by Gasteiger charge is 2.13. The molecule has 2 aromatic rings. The summed E-state index contributed by atoms with van der Waals surface area (Å²) in [6.45, 7) is -0.194. The van der Waals surface area contributed by atoms with Gasteiger partial charge in [-0.25, -0.2) is 0 Å². The van der Waals surface area contributed by atoms with E-state index in [1.165, 1.54) is 12.1 Å². The van der Waals surface area contributed by atoms with Crippen LogP contribution in [-0.4, -0.2) is 17.8 Å². The van der Waals surface area contributed by atoms with Crippen molar-refractivity contribution < 1.29 is 18.6 Å². The second kappa shape index (κ2) is 8.22. The highest BCUT2D eigenvalue weighted by atomic mass is 32.1. The Morgan fingerprint density at radius 2 is 1.95 bits per heavy atom. The van der Waals surface area contributed by atoms with E-state index in [0.717, 1.165) is 10.4 Å². The van der Waals surface area contributed by atoms with Crippen molar-refractivity contribution in [1.29, 1.82) is 0 Å². The van der Waals surface area contributed by atoms with E-state index in [1.807, 2.05) is 24.4 Å². The summed E-state index contributed by atoms with van der Waals surface area (Å²) in [7, 11) is 0. The van der Waals surface area contributed by atoms with E-state index in [4.69, 9.17) is 0 Å². The highest BCUT2D eigenvalue weighted by molar-refractivity contribution is 7.10. The zero-order valence-electron chi connectivity index (χ0n) is 12.2. The molecule has 0 amide bonds. The molecule has 22 heavy (non-hydrogen) atoms. The number of aliphatic hydroxyl groups is 1. The van der Waals surface area contributed by atoms with Crippen molar-refractivity contribution in [3.05, 3.63) is 52.2 Å². The van der Waals surface area contributed by atoms with Gasteiger partial charge in [0.05, 0.1) is 6.10 Å². The minimum Gasteiger partial charge on any atom is -0.435 e. The molecule has 3 nitrogen and oxygen atoms in total. The molecule has 2 rings (SSSR count). The second-order valence-corrected chi connectivity index (χ2v) is 6.05. The molecule has 120 valence electrons. The molecule has 0 spiro atoms. The Morgan fingerprint density at radius 1 is 1.23 bits per heavy atom. The zero-order chi connectivity index (χ0) is 15.9. The minimum atomic E-state index is -2.80. The van der Waals surface area contributed by atoms with Crippen LogP contribution in [0.4, 0.5) is 8.78 Å². The first-order valence-electron chi connectivity index (χ1n) is 7.03. The summed E-state index contributed by atoms with van der Waals surface area (Å²) < 4.78 is 28.4. The molecule has 6 heteroatoms. The largest absolute Gasteiger partial charge is 0.435 e. The lowest BCUT2D eigenvalue weighted by molar-refractivity contribution is -0.0498. The Hall–Kier alpha value is -1.50. The molecule has 1 aromatic heterocycles. The number of halogens is 2. The second-order valence-electron chi connectivity index (χ2n) is 5.07. The van der Waals surface area contributed by atoms with E-state index in [1.54, 1.807) is 23.5 Å². The third-order valence-electron chi connectivity index (χ3n) is 3.25. The number of alkyl halides is 2. The molecular formula is C16H19F2NO2S. The van der Waals surface area contributed by atoms with Gasteiger partial charge in [0.1, 0.15) is 5.75 Å². The first kappa shape index (κ1) is 16.9. The van der Waals surface area contributed by atoms with Gasteiger partial charge in [0.2, 0.25) is 0 Å². The predicted octanol–water partition coefficient (Wildman–Crippen LogP) is 3.95. The van der Waals surface area contributed by atoms with E-state index < -0.39 is 12.7 Å².